The highest BCUT2D eigenvalue weighted by Gasteiger charge is 2.36. The summed E-state index contributed by atoms with van der Waals surface area (Å²) in [5.74, 6) is -2.23. The molecule has 1 aliphatic rings. The van der Waals surface area contributed by atoms with E-state index in [4.69, 9.17) is 0 Å². The Bertz CT molecular complexity index is 626. The molecule has 0 radical (unpaired) electrons. The number of carbonyl (C=O) groups is 3. The van der Waals surface area contributed by atoms with Crippen LogP contribution >= 0.6 is 0 Å². The first-order valence-corrected chi connectivity index (χ1v) is 7.45. The highest BCUT2D eigenvalue weighted by molar-refractivity contribution is 6.01. The number of imide groups is 1. The van der Waals surface area contributed by atoms with Crippen molar-refractivity contribution in [2.75, 3.05) is 0 Å². The summed E-state index contributed by atoms with van der Waals surface area (Å²) in [6, 6.07) is 4.14. The standard InChI is InChI=1S/C17H20FNO3/c1-9-4-5-12(18)8-14(9)16(21)11(3)10(2)13-6-7-15(20)19-17(13)22/h4-5,8,10-11,13H,6-7H2,1-3H3,(H,19,20,22). The van der Waals surface area contributed by atoms with E-state index in [2.05, 4.69) is 5.32 Å². The molecule has 0 saturated carbocycles. The van der Waals surface area contributed by atoms with E-state index in [0.29, 0.717) is 24.0 Å². The van der Waals surface area contributed by atoms with Crippen LogP contribution in [0.3, 0.4) is 0 Å². The SMILES string of the molecule is Cc1ccc(F)cc1C(=O)C(C)C(C)C1CCC(=O)NC1=O. The normalized spacial score (nSPS) is 21.2. The summed E-state index contributed by atoms with van der Waals surface area (Å²) in [5.41, 5.74) is 1.07. The lowest BCUT2D eigenvalue weighted by molar-refractivity contribution is -0.137. The van der Waals surface area contributed by atoms with Gasteiger partial charge in [-0.05, 0) is 37.0 Å². The number of halogens is 1. The Kier molecular flexibility index (Phi) is 4.74. The number of ketones is 1. The molecule has 2 rings (SSSR count). The lowest BCUT2D eigenvalue weighted by Crippen LogP contribution is -2.45. The minimum atomic E-state index is -0.449. The van der Waals surface area contributed by atoms with Gasteiger partial charge in [-0.3, -0.25) is 19.7 Å². The van der Waals surface area contributed by atoms with E-state index in [1.165, 1.54) is 12.1 Å². The fourth-order valence-electron chi connectivity index (χ4n) is 2.90. The highest BCUT2D eigenvalue weighted by atomic mass is 19.1. The molecule has 0 bridgehead atoms. The molecular formula is C17H20FNO3. The van der Waals surface area contributed by atoms with Gasteiger partial charge in [0.1, 0.15) is 5.82 Å². The number of Topliss-reactive ketones (excluding diaryl/α,β-unsaturated/α-hetero) is 1. The topological polar surface area (TPSA) is 63.2 Å². The number of carbonyl (C=O) groups excluding carboxylic acids is 3. The molecule has 1 aromatic carbocycles. The van der Waals surface area contributed by atoms with Crippen LogP contribution in [-0.2, 0) is 9.59 Å². The summed E-state index contributed by atoms with van der Waals surface area (Å²) in [5, 5.41) is 2.32. The average Bonchev–Trinajstić information content (AvgIpc) is 2.47. The third kappa shape index (κ3) is 3.24. The zero-order valence-electron chi connectivity index (χ0n) is 13.0. The molecule has 0 aromatic heterocycles. The number of piperidine rings is 1. The van der Waals surface area contributed by atoms with Gasteiger partial charge < -0.3 is 0 Å². The van der Waals surface area contributed by atoms with Crippen LogP contribution in [0.15, 0.2) is 18.2 Å². The summed E-state index contributed by atoms with van der Waals surface area (Å²) in [6.07, 6.45) is 0.742. The largest absolute Gasteiger partial charge is 0.296 e. The molecule has 1 fully saturated rings. The number of amides is 2. The summed E-state index contributed by atoms with van der Waals surface area (Å²) in [7, 11) is 0. The molecule has 1 heterocycles. The third-order valence-corrected chi connectivity index (χ3v) is 4.58. The van der Waals surface area contributed by atoms with E-state index in [1.807, 2.05) is 6.92 Å². The number of benzene rings is 1. The van der Waals surface area contributed by atoms with Crippen molar-refractivity contribution in [1.29, 1.82) is 0 Å². The molecule has 5 heteroatoms. The van der Waals surface area contributed by atoms with Gasteiger partial charge in [0.2, 0.25) is 11.8 Å². The van der Waals surface area contributed by atoms with Crippen LogP contribution in [0.1, 0.15) is 42.6 Å². The fraction of sp³-hybridized carbons (Fsp3) is 0.471. The first-order chi connectivity index (χ1) is 10.3. The highest BCUT2D eigenvalue weighted by Crippen LogP contribution is 2.30. The van der Waals surface area contributed by atoms with Crippen molar-refractivity contribution in [1.82, 2.24) is 5.32 Å². The van der Waals surface area contributed by atoms with Crippen molar-refractivity contribution < 1.29 is 18.8 Å². The minimum absolute atomic E-state index is 0.172. The van der Waals surface area contributed by atoms with Crippen LogP contribution in [0.2, 0.25) is 0 Å². The maximum atomic E-state index is 13.4. The Balaban J connectivity index is 2.18. The number of rotatable bonds is 4. The maximum Gasteiger partial charge on any atom is 0.229 e. The van der Waals surface area contributed by atoms with Crippen LogP contribution in [0.4, 0.5) is 4.39 Å². The predicted molar refractivity (Wildman–Crippen MR) is 79.7 cm³/mol. The second-order valence-corrected chi connectivity index (χ2v) is 6.03. The van der Waals surface area contributed by atoms with E-state index in [1.54, 1.807) is 19.9 Å². The zero-order chi connectivity index (χ0) is 16.4. The average molecular weight is 305 g/mol. The number of nitrogens with one attached hydrogen (secondary N) is 1. The van der Waals surface area contributed by atoms with Gasteiger partial charge in [-0.1, -0.05) is 19.9 Å². The van der Waals surface area contributed by atoms with Crippen LogP contribution in [0.25, 0.3) is 0 Å². The Morgan fingerprint density at radius 1 is 1.32 bits per heavy atom. The quantitative estimate of drug-likeness (QED) is 0.687. The molecule has 3 atom stereocenters. The van der Waals surface area contributed by atoms with E-state index in [0.717, 1.165) is 0 Å². The van der Waals surface area contributed by atoms with Gasteiger partial charge in [0.25, 0.3) is 0 Å². The van der Waals surface area contributed by atoms with E-state index in [9.17, 15) is 18.8 Å². The predicted octanol–water partition coefficient (Wildman–Crippen LogP) is 2.64. The Morgan fingerprint density at radius 2 is 2.00 bits per heavy atom. The third-order valence-electron chi connectivity index (χ3n) is 4.58. The molecular weight excluding hydrogens is 285 g/mol. The number of hydrogen-bond acceptors (Lipinski definition) is 3. The minimum Gasteiger partial charge on any atom is -0.296 e. The number of aryl methyl sites for hydroxylation is 1. The molecule has 2 amide bonds. The first-order valence-electron chi connectivity index (χ1n) is 7.45. The van der Waals surface area contributed by atoms with Crippen LogP contribution in [0, 0.1) is 30.5 Å². The first kappa shape index (κ1) is 16.3. The van der Waals surface area contributed by atoms with Gasteiger partial charge in [0, 0.05) is 23.8 Å². The Morgan fingerprint density at radius 3 is 2.64 bits per heavy atom. The van der Waals surface area contributed by atoms with Gasteiger partial charge in [0.15, 0.2) is 5.78 Å². The summed E-state index contributed by atoms with van der Waals surface area (Å²) in [6.45, 7) is 5.34. The Hall–Kier alpha value is -2.04. The van der Waals surface area contributed by atoms with E-state index in [-0.39, 0.29) is 29.4 Å². The molecule has 1 aliphatic heterocycles. The number of hydrogen-bond donors (Lipinski definition) is 1. The second kappa shape index (κ2) is 6.38. The molecule has 4 nitrogen and oxygen atoms in total. The van der Waals surface area contributed by atoms with Crippen molar-refractivity contribution in [2.24, 2.45) is 17.8 Å². The fourth-order valence-corrected chi connectivity index (χ4v) is 2.90. The second-order valence-electron chi connectivity index (χ2n) is 6.03. The molecule has 0 aliphatic carbocycles. The summed E-state index contributed by atoms with van der Waals surface area (Å²) >= 11 is 0. The van der Waals surface area contributed by atoms with Gasteiger partial charge in [0.05, 0.1) is 0 Å². The van der Waals surface area contributed by atoms with Crippen LogP contribution in [-0.4, -0.2) is 17.6 Å². The van der Waals surface area contributed by atoms with Crippen LogP contribution in [0.5, 0.6) is 0 Å². The van der Waals surface area contributed by atoms with E-state index < -0.39 is 11.7 Å². The van der Waals surface area contributed by atoms with Gasteiger partial charge >= 0.3 is 0 Å². The van der Waals surface area contributed by atoms with Gasteiger partial charge in [-0.2, -0.15) is 0 Å². The molecule has 1 saturated heterocycles. The molecule has 3 unspecified atom stereocenters. The van der Waals surface area contributed by atoms with Gasteiger partial charge in [-0.25, -0.2) is 4.39 Å². The summed E-state index contributed by atoms with van der Waals surface area (Å²) < 4.78 is 13.4. The zero-order valence-corrected chi connectivity index (χ0v) is 13.0. The van der Waals surface area contributed by atoms with Crippen LogP contribution < -0.4 is 5.32 Å². The van der Waals surface area contributed by atoms with Crippen molar-refractivity contribution in [3.63, 3.8) is 0 Å². The molecule has 1 aromatic rings. The lowest BCUT2D eigenvalue weighted by atomic mass is 9.76. The molecule has 22 heavy (non-hydrogen) atoms. The van der Waals surface area contributed by atoms with Crippen molar-refractivity contribution in [3.8, 4) is 0 Å². The van der Waals surface area contributed by atoms with Crippen molar-refractivity contribution in [2.45, 2.75) is 33.6 Å². The van der Waals surface area contributed by atoms with Gasteiger partial charge in [-0.15, -0.1) is 0 Å². The molecule has 1 N–H and O–H groups in total. The smallest absolute Gasteiger partial charge is 0.229 e. The lowest BCUT2D eigenvalue weighted by Gasteiger charge is -2.30. The van der Waals surface area contributed by atoms with E-state index >= 15 is 0 Å². The Labute approximate surface area is 129 Å². The van der Waals surface area contributed by atoms with Crippen molar-refractivity contribution in [3.05, 3.63) is 35.1 Å². The van der Waals surface area contributed by atoms with Crippen molar-refractivity contribution >= 4 is 17.6 Å². The molecule has 0 spiro atoms. The molecule has 118 valence electrons. The summed E-state index contributed by atoms with van der Waals surface area (Å²) in [4.78, 5) is 35.7. The monoisotopic (exact) mass is 305 g/mol. The maximum absolute atomic E-state index is 13.4.